The van der Waals surface area contributed by atoms with Crippen molar-refractivity contribution < 1.29 is 0 Å². The highest BCUT2D eigenvalue weighted by Crippen LogP contribution is 2.34. The van der Waals surface area contributed by atoms with Crippen LogP contribution in [0.15, 0.2) is 5.10 Å². The number of hydrazone groups is 1. The molecule has 1 saturated carbocycles. The number of fused-ring (bicyclic) bond motifs is 2. The zero-order valence-corrected chi connectivity index (χ0v) is 6.29. The van der Waals surface area contributed by atoms with E-state index < -0.39 is 0 Å². The van der Waals surface area contributed by atoms with Crippen molar-refractivity contribution in [3.63, 3.8) is 0 Å². The number of nitrogens with zero attached hydrogens (tertiary/aromatic N) is 2. The van der Waals surface area contributed by atoms with E-state index in [9.17, 15) is 0 Å². The van der Waals surface area contributed by atoms with Gasteiger partial charge in [-0.25, -0.2) is 0 Å². The van der Waals surface area contributed by atoms with Gasteiger partial charge in [-0.05, 0) is 25.2 Å². The van der Waals surface area contributed by atoms with Crippen LogP contribution in [0.1, 0.15) is 25.7 Å². The van der Waals surface area contributed by atoms with E-state index in [-0.39, 0.29) is 0 Å². The molecule has 2 aliphatic rings. The Bertz CT molecular complexity index is 144. The van der Waals surface area contributed by atoms with Crippen LogP contribution in [0.2, 0.25) is 0 Å². The fourth-order valence-electron chi connectivity index (χ4n) is 2.29. The van der Waals surface area contributed by atoms with E-state index in [0.717, 1.165) is 12.0 Å². The standard InChI is InChI=1S/C8H14N2/c1-9-10-6-7-3-2-4-8(10)5-7/h7-8H,1-6H2. The van der Waals surface area contributed by atoms with E-state index in [4.69, 9.17) is 0 Å². The summed E-state index contributed by atoms with van der Waals surface area (Å²) in [6.45, 7) is 4.75. The first kappa shape index (κ1) is 6.20. The van der Waals surface area contributed by atoms with E-state index in [0.29, 0.717) is 0 Å². The summed E-state index contributed by atoms with van der Waals surface area (Å²) >= 11 is 0. The van der Waals surface area contributed by atoms with Crippen molar-refractivity contribution in [3.8, 4) is 0 Å². The summed E-state index contributed by atoms with van der Waals surface area (Å²) in [5.74, 6) is 0.934. The molecule has 56 valence electrons. The van der Waals surface area contributed by atoms with Gasteiger partial charge in [0.1, 0.15) is 0 Å². The van der Waals surface area contributed by atoms with Crippen molar-refractivity contribution in [2.75, 3.05) is 6.54 Å². The normalized spacial score (nSPS) is 38.2. The minimum atomic E-state index is 0.747. The van der Waals surface area contributed by atoms with Crippen LogP contribution in [0.3, 0.4) is 0 Å². The molecule has 0 N–H and O–H groups in total. The third kappa shape index (κ3) is 0.825. The predicted molar refractivity (Wildman–Crippen MR) is 42.0 cm³/mol. The zero-order chi connectivity index (χ0) is 6.97. The second kappa shape index (κ2) is 2.26. The van der Waals surface area contributed by atoms with Crippen LogP contribution in [0, 0.1) is 5.92 Å². The highest BCUT2D eigenvalue weighted by molar-refractivity contribution is 5.22. The van der Waals surface area contributed by atoms with Gasteiger partial charge in [-0.3, -0.25) is 5.01 Å². The molecule has 10 heavy (non-hydrogen) atoms. The van der Waals surface area contributed by atoms with Crippen LogP contribution < -0.4 is 0 Å². The molecule has 0 spiro atoms. The van der Waals surface area contributed by atoms with E-state index in [2.05, 4.69) is 16.8 Å². The lowest BCUT2D eigenvalue weighted by molar-refractivity contribution is 0.259. The average Bonchev–Trinajstić information content (AvgIpc) is 2.26. The van der Waals surface area contributed by atoms with Gasteiger partial charge in [0, 0.05) is 19.3 Å². The maximum atomic E-state index is 4.01. The van der Waals surface area contributed by atoms with Gasteiger partial charge in [-0.2, -0.15) is 5.10 Å². The van der Waals surface area contributed by atoms with Crippen molar-refractivity contribution in [2.45, 2.75) is 31.7 Å². The minimum absolute atomic E-state index is 0.747. The lowest BCUT2D eigenvalue weighted by Gasteiger charge is -2.20. The molecule has 2 bridgehead atoms. The zero-order valence-electron chi connectivity index (χ0n) is 6.29. The first-order valence-electron chi connectivity index (χ1n) is 4.13. The number of hydrogen-bond acceptors (Lipinski definition) is 2. The Morgan fingerprint density at radius 1 is 1.40 bits per heavy atom. The summed E-state index contributed by atoms with van der Waals surface area (Å²) in [5.41, 5.74) is 0. The van der Waals surface area contributed by atoms with E-state index >= 15 is 0 Å². The average molecular weight is 138 g/mol. The second-order valence-electron chi connectivity index (χ2n) is 3.45. The molecule has 2 fully saturated rings. The van der Waals surface area contributed by atoms with Crippen LogP contribution in [0.25, 0.3) is 0 Å². The molecule has 0 aromatic heterocycles. The molecule has 1 aliphatic carbocycles. The van der Waals surface area contributed by atoms with Crippen LogP contribution in [-0.4, -0.2) is 24.3 Å². The Morgan fingerprint density at radius 3 is 3.00 bits per heavy atom. The third-order valence-electron chi connectivity index (χ3n) is 2.80. The lowest BCUT2D eigenvalue weighted by atomic mass is 9.91. The quantitative estimate of drug-likeness (QED) is 0.501. The molecule has 2 unspecified atom stereocenters. The number of hydrogen-bond donors (Lipinski definition) is 0. The van der Waals surface area contributed by atoms with Crippen LogP contribution in [0.5, 0.6) is 0 Å². The molecule has 0 radical (unpaired) electrons. The maximum absolute atomic E-state index is 4.01. The molecule has 1 aliphatic heterocycles. The molecular formula is C8H14N2. The minimum Gasteiger partial charge on any atom is -0.294 e. The first-order valence-corrected chi connectivity index (χ1v) is 4.13. The Kier molecular flexibility index (Phi) is 1.40. The highest BCUT2D eigenvalue weighted by atomic mass is 15.5. The molecule has 1 heterocycles. The van der Waals surface area contributed by atoms with Gasteiger partial charge in [0.25, 0.3) is 0 Å². The lowest BCUT2D eigenvalue weighted by Crippen LogP contribution is -2.22. The maximum Gasteiger partial charge on any atom is 0.0473 e. The van der Waals surface area contributed by atoms with E-state index in [1.54, 1.807) is 0 Å². The van der Waals surface area contributed by atoms with Gasteiger partial charge in [-0.15, -0.1) is 0 Å². The highest BCUT2D eigenvalue weighted by Gasteiger charge is 2.33. The molecule has 0 aromatic carbocycles. The summed E-state index contributed by atoms with van der Waals surface area (Å²) in [7, 11) is 0. The van der Waals surface area contributed by atoms with Crippen LogP contribution in [0.4, 0.5) is 0 Å². The van der Waals surface area contributed by atoms with E-state index in [1.165, 1.54) is 32.2 Å². The van der Waals surface area contributed by atoms with Crippen LogP contribution >= 0.6 is 0 Å². The van der Waals surface area contributed by atoms with Crippen molar-refractivity contribution in [1.82, 2.24) is 5.01 Å². The Balaban J connectivity index is 2.07. The Morgan fingerprint density at radius 2 is 2.30 bits per heavy atom. The summed E-state index contributed by atoms with van der Waals surface area (Å²) in [5, 5.41) is 6.19. The molecule has 2 atom stereocenters. The molecule has 2 nitrogen and oxygen atoms in total. The summed E-state index contributed by atoms with van der Waals surface area (Å²) in [6.07, 6.45) is 5.54. The topological polar surface area (TPSA) is 15.6 Å². The smallest absolute Gasteiger partial charge is 0.0473 e. The SMILES string of the molecule is C=NN1CC2CCCC1C2. The van der Waals surface area contributed by atoms with Crippen molar-refractivity contribution in [2.24, 2.45) is 11.0 Å². The fraction of sp³-hybridized carbons (Fsp3) is 0.875. The Labute approximate surface area is 61.9 Å². The fourth-order valence-corrected chi connectivity index (χ4v) is 2.29. The largest absolute Gasteiger partial charge is 0.294 e. The van der Waals surface area contributed by atoms with Crippen molar-refractivity contribution >= 4 is 6.72 Å². The van der Waals surface area contributed by atoms with Gasteiger partial charge >= 0.3 is 0 Å². The molecular weight excluding hydrogens is 124 g/mol. The van der Waals surface area contributed by atoms with Gasteiger partial charge in [-0.1, -0.05) is 6.42 Å². The molecule has 1 saturated heterocycles. The van der Waals surface area contributed by atoms with Gasteiger partial charge in [0.05, 0.1) is 0 Å². The molecule has 2 heteroatoms. The van der Waals surface area contributed by atoms with Crippen molar-refractivity contribution in [1.29, 1.82) is 0 Å². The number of rotatable bonds is 1. The monoisotopic (exact) mass is 138 g/mol. The Hall–Kier alpha value is -0.530. The molecule has 0 aromatic rings. The molecule has 2 rings (SSSR count). The van der Waals surface area contributed by atoms with Gasteiger partial charge in [0.2, 0.25) is 0 Å². The van der Waals surface area contributed by atoms with Gasteiger partial charge < -0.3 is 0 Å². The van der Waals surface area contributed by atoms with Crippen molar-refractivity contribution in [3.05, 3.63) is 0 Å². The summed E-state index contributed by atoms with van der Waals surface area (Å²) in [4.78, 5) is 0. The molecule has 0 amide bonds. The first-order chi connectivity index (χ1) is 4.90. The summed E-state index contributed by atoms with van der Waals surface area (Å²) in [6, 6.07) is 0.747. The predicted octanol–water partition coefficient (Wildman–Crippen LogP) is 1.48. The third-order valence-corrected chi connectivity index (χ3v) is 2.80. The van der Waals surface area contributed by atoms with Crippen LogP contribution in [-0.2, 0) is 0 Å². The van der Waals surface area contributed by atoms with E-state index in [1.807, 2.05) is 0 Å². The van der Waals surface area contributed by atoms with Gasteiger partial charge in [0.15, 0.2) is 0 Å². The summed E-state index contributed by atoms with van der Waals surface area (Å²) < 4.78 is 0. The second-order valence-corrected chi connectivity index (χ2v) is 3.45.